The molecule has 2 aromatic carbocycles. The fourth-order valence-corrected chi connectivity index (χ4v) is 2.23. The number of phenols is 1. The Morgan fingerprint density at radius 3 is 1.95 bits per heavy atom. The molecule has 0 bridgehead atoms. The SMILES string of the molecule is CCc1ccccc1O.CCc1ccccc1OPC. The van der Waals surface area contributed by atoms with Gasteiger partial charge in [0.2, 0.25) is 0 Å². The van der Waals surface area contributed by atoms with E-state index in [-0.39, 0.29) is 0 Å². The highest BCUT2D eigenvalue weighted by atomic mass is 31.1. The van der Waals surface area contributed by atoms with E-state index in [9.17, 15) is 0 Å². The molecule has 0 fully saturated rings. The topological polar surface area (TPSA) is 29.5 Å². The quantitative estimate of drug-likeness (QED) is 0.819. The second kappa shape index (κ2) is 9.39. The predicted molar refractivity (Wildman–Crippen MR) is 88.2 cm³/mol. The number of hydrogen-bond donors (Lipinski definition) is 1. The third-order valence-electron chi connectivity index (χ3n) is 2.94. The minimum absolute atomic E-state index is 0.403. The van der Waals surface area contributed by atoms with Crippen LogP contribution in [0.4, 0.5) is 0 Å². The molecule has 0 aliphatic rings. The number of para-hydroxylation sites is 2. The largest absolute Gasteiger partial charge is 0.508 e. The van der Waals surface area contributed by atoms with Crippen molar-refractivity contribution in [3.05, 3.63) is 59.7 Å². The van der Waals surface area contributed by atoms with Gasteiger partial charge in [-0.3, -0.25) is 0 Å². The van der Waals surface area contributed by atoms with Crippen LogP contribution in [0.2, 0.25) is 0 Å². The molecule has 108 valence electrons. The molecule has 2 nitrogen and oxygen atoms in total. The summed E-state index contributed by atoms with van der Waals surface area (Å²) in [5, 5.41) is 9.11. The normalized spacial score (nSPS) is 10.2. The van der Waals surface area contributed by atoms with E-state index in [4.69, 9.17) is 9.63 Å². The van der Waals surface area contributed by atoms with E-state index in [0.29, 0.717) is 14.6 Å². The molecule has 1 atom stereocenters. The lowest BCUT2D eigenvalue weighted by Crippen LogP contribution is -1.85. The van der Waals surface area contributed by atoms with Gasteiger partial charge in [-0.2, -0.15) is 0 Å². The maximum Gasteiger partial charge on any atom is 0.126 e. The van der Waals surface area contributed by atoms with Gasteiger partial charge in [0.25, 0.3) is 0 Å². The Hall–Kier alpha value is -1.53. The molecule has 0 radical (unpaired) electrons. The number of aromatic hydroxyl groups is 1. The summed E-state index contributed by atoms with van der Waals surface area (Å²) >= 11 is 0. The molecule has 2 rings (SSSR count). The van der Waals surface area contributed by atoms with Crippen LogP contribution in [0.25, 0.3) is 0 Å². The lowest BCUT2D eigenvalue weighted by molar-refractivity contribution is 0.469. The van der Waals surface area contributed by atoms with Crippen LogP contribution < -0.4 is 4.52 Å². The molecule has 0 aromatic heterocycles. The zero-order valence-corrected chi connectivity index (χ0v) is 13.4. The number of phenolic OH excluding ortho intramolecular Hbond substituents is 1. The van der Waals surface area contributed by atoms with Gasteiger partial charge in [-0.25, -0.2) is 0 Å². The summed E-state index contributed by atoms with van der Waals surface area (Å²) in [5.41, 5.74) is 2.30. The molecule has 2 aromatic rings. The Labute approximate surface area is 123 Å². The lowest BCUT2D eigenvalue weighted by Gasteiger charge is -2.06. The van der Waals surface area contributed by atoms with Gasteiger partial charge >= 0.3 is 0 Å². The van der Waals surface area contributed by atoms with E-state index >= 15 is 0 Å². The van der Waals surface area contributed by atoms with Crippen molar-refractivity contribution < 1.29 is 9.63 Å². The first-order valence-corrected chi connectivity index (χ1v) is 8.32. The first kappa shape index (κ1) is 16.5. The van der Waals surface area contributed by atoms with Crippen LogP contribution in [0.15, 0.2) is 48.5 Å². The van der Waals surface area contributed by atoms with Gasteiger partial charge in [-0.05, 0) is 42.8 Å². The highest BCUT2D eigenvalue weighted by Crippen LogP contribution is 2.23. The van der Waals surface area contributed by atoms with Crippen LogP contribution >= 0.6 is 8.81 Å². The van der Waals surface area contributed by atoms with Gasteiger partial charge in [-0.15, -0.1) is 0 Å². The van der Waals surface area contributed by atoms with Gasteiger partial charge in [-0.1, -0.05) is 50.2 Å². The molecule has 20 heavy (non-hydrogen) atoms. The van der Waals surface area contributed by atoms with Crippen LogP contribution in [-0.2, 0) is 12.8 Å². The van der Waals surface area contributed by atoms with Crippen molar-refractivity contribution in [2.75, 3.05) is 6.66 Å². The Kier molecular flexibility index (Phi) is 7.75. The van der Waals surface area contributed by atoms with Crippen LogP contribution in [0.1, 0.15) is 25.0 Å². The molecule has 0 heterocycles. The van der Waals surface area contributed by atoms with E-state index in [1.807, 2.05) is 50.0 Å². The van der Waals surface area contributed by atoms with Crippen molar-refractivity contribution in [1.82, 2.24) is 0 Å². The van der Waals surface area contributed by atoms with E-state index in [0.717, 1.165) is 24.2 Å². The Morgan fingerprint density at radius 1 is 0.900 bits per heavy atom. The fraction of sp³-hybridized carbons (Fsp3) is 0.294. The second-order valence-corrected chi connectivity index (χ2v) is 4.86. The Bertz CT molecular complexity index is 512. The maximum atomic E-state index is 9.11. The van der Waals surface area contributed by atoms with E-state index < -0.39 is 0 Å². The van der Waals surface area contributed by atoms with E-state index in [2.05, 4.69) is 13.0 Å². The first-order valence-electron chi connectivity index (χ1n) is 6.91. The summed E-state index contributed by atoms with van der Waals surface area (Å²) in [4.78, 5) is 0. The highest BCUT2D eigenvalue weighted by Gasteiger charge is 1.97. The molecule has 0 aliphatic carbocycles. The van der Waals surface area contributed by atoms with Gasteiger partial charge < -0.3 is 9.63 Å². The van der Waals surface area contributed by atoms with Crippen LogP contribution in [-0.4, -0.2) is 11.8 Å². The van der Waals surface area contributed by atoms with Crippen LogP contribution in [0.3, 0.4) is 0 Å². The van der Waals surface area contributed by atoms with Crippen molar-refractivity contribution >= 4 is 8.81 Å². The molecule has 1 N–H and O–H groups in total. The summed E-state index contributed by atoms with van der Waals surface area (Å²) in [7, 11) is 0.535. The molecule has 0 amide bonds. The van der Waals surface area contributed by atoms with Crippen molar-refractivity contribution in [3.63, 3.8) is 0 Å². The highest BCUT2D eigenvalue weighted by molar-refractivity contribution is 7.31. The maximum absolute atomic E-state index is 9.11. The Balaban J connectivity index is 0.000000204. The molecule has 0 spiro atoms. The van der Waals surface area contributed by atoms with Crippen molar-refractivity contribution in [2.24, 2.45) is 0 Å². The van der Waals surface area contributed by atoms with Crippen LogP contribution in [0, 0.1) is 0 Å². The number of aryl methyl sites for hydroxylation is 2. The van der Waals surface area contributed by atoms with Crippen molar-refractivity contribution in [1.29, 1.82) is 0 Å². The van der Waals surface area contributed by atoms with E-state index in [1.165, 1.54) is 5.56 Å². The first-order chi connectivity index (χ1) is 9.72. The molecular formula is C17H23O2P. The molecule has 0 aliphatic heterocycles. The Morgan fingerprint density at radius 2 is 1.45 bits per heavy atom. The zero-order valence-electron chi connectivity index (χ0n) is 12.4. The average Bonchev–Trinajstić information content (AvgIpc) is 2.49. The summed E-state index contributed by atoms with van der Waals surface area (Å²) in [6, 6.07) is 15.6. The van der Waals surface area contributed by atoms with Gasteiger partial charge in [0.05, 0.1) is 8.81 Å². The lowest BCUT2D eigenvalue weighted by atomic mass is 10.1. The zero-order chi connectivity index (χ0) is 14.8. The predicted octanol–water partition coefficient (Wildman–Crippen LogP) is 4.81. The molecule has 3 heteroatoms. The fourth-order valence-electron chi connectivity index (χ4n) is 1.82. The summed E-state index contributed by atoms with van der Waals surface area (Å²) in [6.07, 6.45) is 1.94. The van der Waals surface area contributed by atoms with Gasteiger partial charge in [0, 0.05) is 0 Å². The molecule has 1 unspecified atom stereocenters. The molecular weight excluding hydrogens is 267 g/mol. The average molecular weight is 290 g/mol. The van der Waals surface area contributed by atoms with Crippen molar-refractivity contribution in [2.45, 2.75) is 26.7 Å². The summed E-state index contributed by atoms with van der Waals surface area (Å²) < 4.78 is 5.46. The van der Waals surface area contributed by atoms with E-state index in [1.54, 1.807) is 6.07 Å². The third kappa shape index (κ3) is 5.22. The van der Waals surface area contributed by atoms with Gasteiger partial charge in [0.15, 0.2) is 0 Å². The van der Waals surface area contributed by atoms with Gasteiger partial charge in [0.1, 0.15) is 11.5 Å². The van der Waals surface area contributed by atoms with Crippen LogP contribution in [0.5, 0.6) is 11.5 Å². The number of hydrogen-bond acceptors (Lipinski definition) is 2. The smallest absolute Gasteiger partial charge is 0.126 e. The standard InChI is InChI=1S/C9H13OP.C8H10O/c1-3-8-6-4-5-7-9(8)10-11-2;1-2-7-5-3-4-6-8(7)9/h4-7,11H,3H2,1-2H3;3-6,9H,2H2,1H3. The second-order valence-electron chi connectivity index (χ2n) is 4.25. The number of benzene rings is 2. The monoisotopic (exact) mass is 290 g/mol. The summed E-state index contributed by atoms with van der Waals surface area (Å²) in [6.45, 7) is 6.20. The molecule has 0 saturated heterocycles. The number of rotatable bonds is 4. The summed E-state index contributed by atoms with van der Waals surface area (Å²) in [5.74, 6) is 1.44. The third-order valence-corrected chi connectivity index (χ3v) is 3.36. The molecule has 0 saturated carbocycles. The van der Waals surface area contributed by atoms with Crippen molar-refractivity contribution in [3.8, 4) is 11.5 Å². The minimum Gasteiger partial charge on any atom is -0.508 e. The minimum atomic E-state index is 0.403.